The highest BCUT2D eigenvalue weighted by atomic mass is 14.9. The molecule has 1 nitrogen and oxygen atoms in total. The van der Waals surface area contributed by atoms with Crippen molar-refractivity contribution in [3.63, 3.8) is 0 Å². The molecule has 0 saturated carbocycles. The molecule has 0 atom stereocenters. The predicted molar refractivity (Wildman–Crippen MR) is 116 cm³/mol. The maximum Gasteiger partial charge on any atom is 0.220 e. The number of nitrogens with zero attached hydrogens (tertiary/aromatic N) is 1. The maximum absolute atomic E-state index is 2.36. The van der Waals surface area contributed by atoms with Gasteiger partial charge in [-0.25, -0.2) is 4.57 Å². The van der Waals surface area contributed by atoms with Crippen molar-refractivity contribution in [3.05, 3.63) is 78.0 Å². The topological polar surface area (TPSA) is 3.88 Å². The van der Waals surface area contributed by atoms with Crippen LogP contribution in [0.25, 0.3) is 32.8 Å². The molecule has 0 fully saturated rings. The second kappa shape index (κ2) is 6.49. The minimum atomic E-state index is 0.297. The second-order valence-electron chi connectivity index (χ2n) is 8.89. The van der Waals surface area contributed by atoms with Gasteiger partial charge in [0.15, 0.2) is 6.20 Å². The Morgan fingerprint density at radius 2 is 1.59 bits per heavy atom. The number of aryl methyl sites for hydroxylation is 2. The zero-order valence-corrected chi connectivity index (χ0v) is 17.0. The van der Waals surface area contributed by atoms with Crippen molar-refractivity contribution in [2.24, 2.45) is 12.5 Å². The Balaban J connectivity index is 1.94. The van der Waals surface area contributed by atoms with E-state index in [-0.39, 0.29) is 0 Å². The van der Waals surface area contributed by atoms with Crippen LogP contribution in [0.4, 0.5) is 0 Å². The first kappa shape index (κ1) is 17.7. The van der Waals surface area contributed by atoms with Crippen molar-refractivity contribution >= 4 is 21.5 Å². The van der Waals surface area contributed by atoms with E-state index >= 15 is 0 Å². The van der Waals surface area contributed by atoms with E-state index in [1.165, 1.54) is 43.9 Å². The van der Waals surface area contributed by atoms with Gasteiger partial charge in [0, 0.05) is 6.07 Å². The third-order valence-electron chi connectivity index (χ3n) is 5.39. The van der Waals surface area contributed by atoms with E-state index in [1.807, 2.05) is 0 Å². The number of fused-ring (bicyclic) bond motifs is 2. The highest BCUT2D eigenvalue weighted by molar-refractivity contribution is 5.98. The first-order chi connectivity index (χ1) is 12.8. The van der Waals surface area contributed by atoms with Crippen molar-refractivity contribution in [1.29, 1.82) is 0 Å². The van der Waals surface area contributed by atoms with Crippen LogP contribution >= 0.6 is 0 Å². The van der Waals surface area contributed by atoms with Crippen LogP contribution in [0, 0.1) is 12.3 Å². The Labute approximate surface area is 162 Å². The van der Waals surface area contributed by atoms with Crippen LogP contribution in [0.15, 0.2) is 66.9 Å². The first-order valence-corrected chi connectivity index (χ1v) is 9.73. The summed E-state index contributed by atoms with van der Waals surface area (Å²) in [4.78, 5) is 0. The van der Waals surface area contributed by atoms with Gasteiger partial charge in [0.25, 0.3) is 0 Å². The number of hydrogen-bond donors (Lipinski definition) is 0. The molecule has 4 aromatic rings. The minimum absolute atomic E-state index is 0.297. The van der Waals surface area contributed by atoms with Crippen molar-refractivity contribution in [3.8, 4) is 11.3 Å². The van der Waals surface area contributed by atoms with E-state index in [1.54, 1.807) is 0 Å². The summed E-state index contributed by atoms with van der Waals surface area (Å²) in [7, 11) is 2.15. The van der Waals surface area contributed by atoms with E-state index in [0.717, 1.165) is 6.42 Å². The van der Waals surface area contributed by atoms with Gasteiger partial charge in [-0.2, -0.15) is 0 Å². The lowest BCUT2D eigenvalue weighted by atomic mass is 9.87. The van der Waals surface area contributed by atoms with Crippen LogP contribution in [-0.4, -0.2) is 0 Å². The van der Waals surface area contributed by atoms with Crippen LogP contribution in [0.1, 0.15) is 31.9 Å². The fourth-order valence-electron chi connectivity index (χ4n) is 4.16. The van der Waals surface area contributed by atoms with Crippen LogP contribution in [0.2, 0.25) is 0 Å². The molecule has 0 aliphatic rings. The zero-order valence-electron chi connectivity index (χ0n) is 17.0. The summed E-state index contributed by atoms with van der Waals surface area (Å²) >= 11 is 0. The SMILES string of the molecule is Cc1c(-c2c3ccc(CC(C)(C)C)cc3cc[n+]2C)ccc2ccccc12. The molecule has 0 N–H and O–H groups in total. The molecule has 4 rings (SSSR count). The highest BCUT2D eigenvalue weighted by Crippen LogP contribution is 2.33. The Bertz CT molecular complexity index is 1150. The largest absolute Gasteiger partial charge is 0.220 e. The molecule has 136 valence electrons. The van der Waals surface area contributed by atoms with Crippen molar-refractivity contribution < 1.29 is 4.57 Å². The molecule has 0 radical (unpaired) electrons. The lowest BCUT2D eigenvalue weighted by molar-refractivity contribution is -0.659. The lowest BCUT2D eigenvalue weighted by Crippen LogP contribution is -2.30. The van der Waals surface area contributed by atoms with Crippen LogP contribution in [0.5, 0.6) is 0 Å². The Morgan fingerprint density at radius 3 is 2.37 bits per heavy atom. The van der Waals surface area contributed by atoms with E-state index < -0.39 is 0 Å². The van der Waals surface area contributed by atoms with Crippen LogP contribution in [-0.2, 0) is 13.5 Å². The summed E-state index contributed by atoms with van der Waals surface area (Å²) in [5.41, 5.74) is 5.65. The lowest BCUT2D eigenvalue weighted by Gasteiger charge is -2.18. The van der Waals surface area contributed by atoms with Gasteiger partial charge in [-0.15, -0.1) is 0 Å². The van der Waals surface area contributed by atoms with Crippen LogP contribution in [0.3, 0.4) is 0 Å². The maximum atomic E-state index is 2.36. The molecule has 0 amide bonds. The van der Waals surface area contributed by atoms with E-state index in [2.05, 4.69) is 106 Å². The third kappa shape index (κ3) is 3.35. The van der Waals surface area contributed by atoms with Crippen molar-refractivity contribution in [2.75, 3.05) is 0 Å². The van der Waals surface area contributed by atoms with Gasteiger partial charge in [-0.05, 0) is 58.2 Å². The fourth-order valence-corrected chi connectivity index (χ4v) is 4.16. The molecule has 0 aliphatic carbocycles. The number of hydrogen-bond acceptors (Lipinski definition) is 0. The molecule has 0 bridgehead atoms. The first-order valence-electron chi connectivity index (χ1n) is 9.73. The molecular formula is C26H28N+. The molecule has 27 heavy (non-hydrogen) atoms. The Morgan fingerprint density at radius 1 is 0.815 bits per heavy atom. The zero-order chi connectivity index (χ0) is 19.2. The highest BCUT2D eigenvalue weighted by Gasteiger charge is 2.19. The summed E-state index contributed by atoms with van der Waals surface area (Å²) in [6.07, 6.45) is 3.28. The number of benzene rings is 3. The molecule has 0 saturated heterocycles. The average Bonchev–Trinajstić information content (AvgIpc) is 2.62. The standard InChI is InChI=1S/C26H28N/c1-18-22-9-7-6-8-20(22)11-13-23(18)25-24-12-10-19(17-26(2,3)4)16-21(24)14-15-27(25)5/h6-16H,17H2,1-5H3/q+1. The van der Waals surface area contributed by atoms with Gasteiger partial charge >= 0.3 is 0 Å². The van der Waals surface area contributed by atoms with Gasteiger partial charge in [0.1, 0.15) is 7.05 Å². The monoisotopic (exact) mass is 354 g/mol. The number of aromatic nitrogens is 1. The summed E-state index contributed by atoms with van der Waals surface area (Å²) in [6, 6.07) is 22.4. The molecule has 0 unspecified atom stereocenters. The fraction of sp³-hybridized carbons (Fsp3) is 0.269. The normalized spacial score (nSPS) is 12.0. The number of rotatable bonds is 2. The molecular weight excluding hydrogens is 326 g/mol. The molecule has 0 aliphatic heterocycles. The van der Waals surface area contributed by atoms with Gasteiger partial charge in [-0.3, -0.25) is 0 Å². The smallest absolute Gasteiger partial charge is 0.200 e. The Hall–Kier alpha value is -2.67. The summed E-state index contributed by atoms with van der Waals surface area (Å²) in [5.74, 6) is 0. The van der Waals surface area contributed by atoms with Gasteiger partial charge in [0.05, 0.1) is 10.9 Å². The van der Waals surface area contributed by atoms with E-state index in [0.29, 0.717) is 5.41 Å². The molecule has 0 spiro atoms. The second-order valence-corrected chi connectivity index (χ2v) is 8.89. The van der Waals surface area contributed by atoms with Gasteiger partial charge in [-0.1, -0.05) is 63.2 Å². The van der Waals surface area contributed by atoms with Crippen LogP contribution < -0.4 is 4.57 Å². The van der Waals surface area contributed by atoms with E-state index in [4.69, 9.17) is 0 Å². The minimum Gasteiger partial charge on any atom is -0.200 e. The van der Waals surface area contributed by atoms with Crippen molar-refractivity contribution in [1.82, 2.24) is 0 Å². The molecule has 1 heteroatoms. The molecule has 3 aromatic carbocycles. The number of pyridine rings is 1. The quantitative estimate of drug-likeness (QED) is 0.368. The summed E-state index contributed by atoms with van der Waals surface area (Å²) < 4.78 is 2.25. The van der Waals surface area contributed by atoms with Gasteiger partial charge < -0.3 is 0 Å². The van der Waals surface area contributed by atoms with Gasteiger partial charge in [0.2, 0.25) is 5.69 Å². The summed E-state index contributed by atoms with van der Waals surface area (Å²) in [5, 5.41) is 5.26. The predicted octanol–water partition coefficient (Wildman–Crippen LogP) is 6.38. The van der Waals surface area contributed by atoms with Crippen molar-refractivity contribution in [2.45, 2.75) is 34.1 Å². The third-order valence-corrected chi connectivity index (χ3v) is 5.39. The van der Waals surface area contributed by atoms with E-state index in [9.17, 15) is 0 Å². The molecule has 1 heterocycles. The Kier molecular flexibility index (Phi) is 4.26. The summed E-state index contributed by atoms with van der Waals surface area (Å²) in [6.45, 7) is 9.13. The molecule has 1 aromatic heterocycles. The average molecular weight is 355 g/mol.